The predicted molar refractivity (Wildman–Crippen MR) is 82.6 cm³/mol. The lowest BCUT2D eigenvalue weighted by Crippen LogP contribution is -2.28. The highest BCUT2D eigenvalue weighted by molar-refractivity contribution is 5.97. The van der Waals surface area contributed by atoms with E-state index in [1.54, 1.807) is 42.6 Å². The fraction of sp³-hybridized carbons (Fsp3) is 0.235. The van der Waals surface area contributed by atoms with Gasteiger partial charge in [0, 0.05) is 17.8 Å². The number of benzene rings is 1. The topological polar surface area (TPSA) is 60.7 Å². The Balaban J connectivity index is 2.39. The van der Waals surface area contributed by atoms with Gasteiger partial charge in [0.2, 0.25) is 0 Å². The van der Waals surface area contributed by atoms with Gasteiger partial charge >= 0.3 is 5.97 Å². The molecule has 114 valence electrons. The fourth-order valence-electron chi connectivity index (χ4n) is 1.98. The van der Waals surface area contributed by atoms with Crippen molar-refractivity contribution >= 4 is 11.9 Å². The highest BCUT2D eigenvalue weighted by Gasteiger charge is 2.11. The molecule has 0 bridgehead atoms. The van der Waals surface area contributed by atoms with Crippen molar-refractivity contribution in [3.63, 3.8) is 0 Å². The lowest BCUT2D eigenvalue weighted by Gasteiger charge is -2.07. The minimum absolute atomic E-state index is 0.0863. The van der Waals surface area contributed by atoms with Gasteiger partial charge in [0.05, 0.1) is 12.7 Å². The van der Waals surface area contributed by atoms with E-state index in [1.807, 2.05) is 19.9 Å². The zero-order valence-electron chi connectivity index (χ0n) is 12.8. The van der Waals surface area contributed by atoms with Crippen molar-refractivity contribution in [3.05, 3.63) is 65.3 Å². The average Bonchev–Trinajstić information content (AvgIpc) is 2.53. The van der Waals surface area contributed by atoms with E-state index in [2.05, 4.69) is 9.73 Å². The minimum Gasteiger partial charge on any atom is -0.465 e. The summed E-state index contributed by atoms with van der Waals surface area (Å²) < 4.78 is 6.13. The van der Waals surface area contributed by atoms with Crippen molar-refractivity contribution in [2.75, 3.05) is 7.11 Å². The number of ether oxygens (including phenoxy) is 1. The summed E-state index contributed by atoms with van der Waals surface area (Å²) in [5, 5.41) is 0. The second-order valence-electron chi connectivity index (χ2n) is 5.03. The first-order valence-electron chi connectivity index (χ1n) is 6.97. The fourth-order valence-corrected chi connectivity index (χ4v) is 1.98. The summed E-state index contributed by atoms with van der Waals surface area (Å²) in [5.41, 5.74) is 1.48. The molecule has 22 heavy (non-hydrogen) atoms. The number of hydrogen-bond acceptors (Lipinski definition) is 4. The molecule has 0 amide bonds. The van der Waals surface area contributed by atoms with Crippen LogP contribution in [0.25, 0.3) is 0 Å². The van der Waals surface area contributed by atoms with Crippen molar-refractivity contribution in [3.8, 4) is 0 Å². The zero-order valence-corrected chi connectivity index (χ0v) is 12.8. The van der Waals surface area contributed by atoms with Crippen molar-refractivity contribution < 1.29 is 14.3 Å². The molecule has 1 aromatic carbocycles. The van der Waals surface area contributed by atoms with E-state index in [1.165, 1.54) is 11.7 Å². The van der Waals surface area contributed by atoms with E-state index < -0.39 is 5.97 Å². The number of pyridine rings is 1. The van der Waals surface area contributed by atoms with Crippen LogP contribution in [0.3, 0.4) is 0 Å². The second-order valence-corrected chi connectivity index (χ2v) is 5.03. The first kappa shape index (κ1) is 15.7. The van der Waals surface area contributed by atoms with Crippen LogP contribution in [0.2, 0.25) is 0 Å². The normalized spacial score (nSPS) is 11.5. The Morgan fingerprint density at radius 2 is 1.68 bits per heavy atom. The number of hydrogen-bond donors (Lipinski definition) is 0. The maximum Gasteiger partial charge on any atom is 0.337 e. The third kappa shape index (κ3) is 3.49. The summed E-state index contributed by atoms with van der Waals surface area (Å²) in [7, 11) is 1.32. The Bertz CT molecular complexity index is 743. The monoisotopic (exact) mass is 298 g/mol. The van der Waals surface area contributed by atoms with Crippen molar-refractivity contribution in [1.82, 2.24) is 4.57 Å². The summed E-state index contributed by atoms with van der Waals surface area (Å²) in [6.07, 6.45) is 1.68. The maximum atomic E-state index is 12.6. The number of nitrogens with zero attached hydrogens (tertiary/aromatic N) is 2. The summed E-state index contributed by atoms with van der Waals surface area (Å²) >= 11 is 0. The van der Waals surface area contributed by atoms with Gasteiger partial charge in [-0.3, -0.25) is 14.4 Å². The molecule has 0 aliphatic rings. The Labute approximate surface area is 128 Å². The Morgan fingerprint density at radius 3 is 2.27 bits per heavy atom. The van der Waals surface area contributed by atoms with Crippen LogP contribution < -0.4 is 5.49 Å². The standard InChI is InChI=1S/C17H18N2O3/c1-12(2)18-15-6-4-5-11-19(15)16(20)13-7-9-14(10-8-13)17(21)22-3/h4-12H,1-3H3. The van der Waals surface area contributed by atoms with Gasteiger partial charge in [-0.25, -0.2) is 4.79 Å². The van der Waals surface area contributed by atoms with Gasteiger partial charge in [0.1, 0.15) is 5.49 Å². The molecule has 0 radical (unpaired) electrons. The molecular formula is C17H18N2O3. The number of esters is 1. The predicted octanol–water partition coefficient (Wildman–Crippen LogP) is 2.27. The summed E-state index contributed by atoms with van der Waals surface area (Å²) in [6, 6.07) is 11.8. The SMILES string of the molecule is COC(=O)c1ccc(C(=O)n2ccccc2=NC(C)C)cc1. The number of aromatic nitrogens is 1. The van der Waals surface area contributed by atoms with E-state index >= 15 is 0 Å². The lowest BCUT2D eigenvalue weighted by molar-refractivity contribution is 0.0600. The molecule has 1 heterocycles. The second kappa shape index (κ2) is 6.85. The van der Waals surface area contributed by atoms with Crippen LogP contribution in [0.1, 0.15) is 34.6 Å². The molecule has 5 nitrogen and oxygen atoms in total. The molecule has 0 N–H and O–H groups in total. The van der Waals surface area contributed by atoms with Crippen LogP contribution in [0, 0.1) is 0 Å². The van der Waals surface area contributed by atoms with Gasteiger partial charge < -0.3 is 4.74 Å². The van der Waals surface area contributed by atoms with Gasteiger partial charge in [0.15, 0.2) is 0 Å². The van der Waals surface area contributed by atoms with Gasteiger partial charge in [-0.15, -0.1) is 0 Å². The van der Waals surface area contributed by atoms with E-state index in [0.29, 0.717) is 16.6 Å². The van der Waals surface area contributed by atoms with E-state index in [9.17, 15) is 9.59 Å². The van der Waals surface area contributed by atoms with Crippen LogP contribution in [-0.4, -0.2) is 29.6 Å². The van der Waals surface area contributed by atoms with Crippen LogP contribution in [-0.2, 0) is 4.74 Å². The molecule has 2 aromatic rings. The van der Waals surface area contributed by atoms with Gasteiger partial charge in [-0.1, -0.05) is 6.07 Å². The molecule has 1 aromatic heterocycles. The van der Waals surface area contributed by atoms with Gasteiger partial charge in [0.25, 0.3) is 5.91 Å². The van der Waals surface area contributed by atoms with Crippen LogP contribution in [0.4, 0.5) is 0 Å². The quantitative estimate of drug-likeness (QED) is 0.817. The zero-order chi connectivity index (χ0) is 16.1. The summed E-state index contributed by atoms with van der Waals surface area (Å²) in [4.78, 5) is 28.4. The Kier molecular flexibility index (Phi) is 4.88. The van der Waals surface area contributed by atoms with E-state index in [0.717, 1.165) is 0 Å². The van der Waals surface area contributed by atoms with Gasteiger partial charge in [-0.2, -0.15) is 0 Å². The van der Waals surface area contributed by atoms with Crippen LogP contribution >= 0.6 is 0 Å². The van der Waals surface area contributed by atoms with Crippen molar-refractivity contribution in [2.45, 2.75) is 19.9 Å². The average molecular weight is 298 g/mol. The highest BCUT2D eigenvalue weighted by Crippen LogP contribution is 2.07. The van der Waals surface area contributed by atoms with Crippen LogP contribution in [0.15, 0.2) is 53.7 Å². The number of rotatable bonds is 3. The first-order chi connectivity index (χ1) is 10.5. The largest absolute Gasteiger partial charge is 0.465 e. The molecule has 0 fully saturated rings. The van der Waals surface area contributed by atoms with Crippen LogP contribution in [0.5, 0.6) is 0 Å². The molecular weight excluding hydrogens is 280 g/mol. The lowest BCUT2D eigenvalue weighted by atomic mass is 10.1. The first-order valence-corrected chi connectivity index (χ1v) is 6.97. The molecule has 0 unspecified atom stereocenters. The Hall–Kier alpha value is -2.69. The smallest absolute Gasteiger partial charge is 0.337 e. The number of carbonyl (C=O) groups excluding carboxylic acids is 2. The molecule has 0 saturated carbocycles. The van der Waals surface area contributed by atoms with E-state index in [-0.39, 0.29) is 11.9 Å². The highest BCUT2D eigenvalue weighted by atomic mass is 16.5. The summed E-state index contributed by atoms with van der Waals surface area (Å²) in [6.45, 7) is 3.90. The molecule has 0 spiro atoms. The molecule has 0 aliphatic heterocycles. The third-order valence-corrected chi connectivity index (χ3v) is 3.00. The third-order valence-electron chi connectivity index (χ3n) is 3.00. The molecule has 0 saturated heterocycles. The molecule has 0 aliphatic carbocycles. The van der Waals surface area contributed by atoms with Crippen molar-refractivity contribution in [2.24, 2.45) is 4.99 Å². The molecule has 2 rings (SSSR count). The van der Waals surface area contributed by atoms with Gasteiger partial charge in [-0.05, 0) is 50.2 Å². The number of methoxy groups -OCH3 is 1. The molecule has 0 atom stereocenters. The van der Waals surface area contributed by atoms with Crippen molar-refractivity contribution in [1.29, 1.82) is 0 Å². The maximum absolute atomic E-state index is 12.6. The molecule has 5 heteroatoms. The van der Waals surface area contributed by atoms with E-state index in [4.69, 9.17) is 0 Å². The summed E-state index contributed by atoms with van der Waals surface area (Å²) in [5.74, 6) is -0.627. The number of carbonyl (C=O) groups is 2. The Morgan fingerprint density at radius 1 is 1.05 bits per heavy atom. The minimum atomic E-state index is -0.429.